The van der Waals surface area contributed by atoms with Crippen LogP contribution in [-0.2, 0) is 28.7 Å². The van der Waals surface area contributed by atoms with Crippen LogP contribution in [0.25, 0.3) is 11.3 Å². The molecule has 0 fully saturated rings. The molecule has 0 aliphatic carbocycles. The number of halogens is 3. The summed E-state index contributed by atoms with van der Waals surface area (Å²) in [6, 6.07) is 14.0. The van der Waals surface area contributed by atoms with Crippen molar-refractivity contribution in [2.24, 2.45) is 5.41 Å². The number of hydrogen-bond acceptors (Lipinski definition) is 4. The van der Waals surface area contributed by atoms with Gasteiger partial charge in [-0.2, -0.15) is 13.2 Å². The van der Waals surface area contributed by atoms with Crippen molar-refractivity contribution in [3.63, 3.8) is 0 Å². The number of furan rings is 1. The van der Waals surface area contributed by atoms with E-state index in [0.717, 1.165) is 23.3 Å². The zero-order chi connectivity index (χ0) is 23.5. The summed E-state index contributed by atoms with van der Waals surface area (Å²) in [6.07, 6.45) is -3.84. The van der Waals surface area contributed by atoms with Crippen LogP contribution in [-0.4, -0.2) is 13.1 Å². The van der Waals surface area contributed by atoms with Gasteiger partial charge in [0.1, 0.15) is 23.9 Å². The minimum absolute atomic E-state index is 0.180. The third kappa shape index (κ3) is 5.52. The minimum atomic E-state index is -4.37. The first kappa shape index (κ1) is 23.4. The Hall–Kier alpha value is -3.22. The first-order valence-electron chi connectivity index (χ1n) is 10.1. The van der Waals surface area contributed by atoms with Gasteiger partial charge in [0.2, 0.25) is 0 Å². The van der Waals surface area contributed by atoms with Gasteiger partial charge < -0.3 is 13.9 Å². The van der Waals surface area contributed by atoms with Crippen molar-refractivity contribution in [1.82, 2.24) is 0 Å². The van der Waals surface area contributed by atoms with Gasteiger partial charge in [0.05, 0.1) is 18.1 Å². The number of carbonyl (C=O) groups is 1. The number of hydrogen-bond donors (Lipinski definition) is 0. The van der Waals surface area contributed by atoms with Gasteiger partial charge >= 0.3 is 12.1 Å². The summed E-state index contributed by atoms with van der Waals surface area (Å²) in [5.41, 5.74) is 1.05. The molecular formula is C25H25F3O4. The summed E-state index contributed by atoms with van der Waals surface area (Å²) >= 11 is 0. The lowest BCUT2D eigenvalue weighted by Gasteiger charge is -2.21. The van der Waals surface area contributed by atoms with E-state index in [1.54, 1.807) is 6.07 Å². The number of carbonyl (C=O) groups excluding carboxylic acids is 1. The first-order valence-corrected chi connectivity index (χ1v) is 10.1. The number of alkyl halides is 3. The van der Waals surface area contributed by atoms with Crippen molar-refractivity contribution in [2.75, 3.05) is 7.11 Å². The fourth-order valence-corrected chi connectivity index (χ4v) is 3.34. The topological polar surface area (TPSA) is 48.7 Å². The zero-order valence-electron chi connectivity index (χ0n) is 18.4. The smallest absolute Gasteiger partial charge is 0.416 e. The van der Waals surface area contributed by atoms with Gasteiger partial charge in [-0.25, -0.2) is 0 Å². The lowest BCUT2D eigenvalue weighted by molar-refractivity contribution is -0.150. The third-order valence-corrected chi connectivity index (χ3v) is 5.19. The molecule has 0 aliphatic heterocycles. The van der Waals surface area contributed by atoms with E-state index in [2.05, 4.69) is 0 Å². The lowest BCUT2D eigenvalue weighted by Crippen LogP contribution is -2.27. The van der Waals surface area contributed by atoms with E-state index in [9.17, 15) is 18.0 Å². The maximum absolute atomic E-state index is 12.7. The fraction of sp³-hybridized carbons (Fsp3) is 0.320. The number of aryl methyl sites for hydroxylation is 1. The standard InChI is InChI=1S/C25H25F3O4/c1-16-13-21(18-7-9-19(10-8-18)25(26,27)28)32-22(16)15-31-20-11-5-17(6-12-20)14-24(2,3)23(29)30-4/h5-13H,14-15H2,1-4H3. The van der Waals surface area contributed by atoms with Crippen LogP contribution in [0.3, 0.4) is 0 Å². The predicted octanol–water partition coefficient (Wildman–Crippen LogP) is 6.59. The summed E-state index contributed by atoms with van der Waals surface area (Å²) in [5.74, 6) is 1.44. The van der Waals surface area contributed by atoms with Crippen LogP contribution >= 0.6 is 0 Å². The van der Waals surface area contributed by atoms with E-state index in [-0.39, 0.29) is 12.6 Å². The number of benzene rings is 2. The van der Waals surface area contributed by atoms with Gasteiger partial charge in [0.15, 0.2) is 0 Å². The van der Waals surface area contributed by atoms with Gasteiger partial charge in [0.25, 0.3) is 0 Å². The van der Waals surface area contributed by atoms with Crippen molar-refractivity contribution in [1.29, 1.82) is 0 Å². The van der Waals surface area contributed by atoms with E-state index >= 15 is 0 Å². The average Bonchev–Trinajstić information content (AvgIpc) is 3.12. The summed E-state index contributed by atoms with van der Waals surface area (Å²) < 4.78 is 54.7. The predicted molar refractivity (Wildman–Crippen MR) is 114 cm³/mol. The van der Waals surface area contributed by atoms with Gasteiger partial charge in [-0.05, 0) is 68.7 Å². The van der Waals surface area contributed by atoms with Crippen LogP contribution < -0.4 is 4.74 Å². The Bertz CT molecular complexity index is 1060. The molecule has 0 unspecified atom stereocenters. The van der Waals surface area contributed by atoms with Crippen molar-refractivity contribution >= 4 is 5.97 Å². The molecule has 0 radical (unpaired) electrons. The molecule has 32 heavy (non-hydrogen) atoms. The average molecular weight is 446 g/mol. The number of esters is 1. The molecule has 0 bridgehead atoms. The maximum atomic E-state index is 12.7. The summed E-state index contributed by atoms with van der Waals surface area (Å²) in [6.45, 7) is 5.70. The highest BCUT2D eigenvalue weighted by molar-refractivity contribution is 5.76. The molecule has 0 saturated carbocycles. The molecular weight excluding hydrogens is 421 g/mol. The third-order valence-electron chi connectivity index (χ3n) is 5.19. The SMILES string of the molecule is COC(=O)C(C)(C)Cc1ccc(OCc2oc(-c3ccc(C(F)(F)F)cc3)cc2C)cc1. The quantitative estimate of drug-likeness (QED) is 0.384. The van der Waals surface area contributed by atoms with Crippen molar-refractivity contribution < 1.29 is 31.9 Å². The molecule has 0 N–H and O–H groups in total. The molecule has 1 heterocycles. The summed E-state index contributed by atoms with van der Waals surface area (Å²) in [5, 5.41) is 0. The molecule has 3 rings (SSSR count). The van der Waals surface area contributed by atoms with E-state index in [0.29, 0.717) is 29.3 Å². The molecule has 2 aromatic carbocycles. The van der Waals surface area contributed by atoms with Gasteiger partial charge in [-0.3, -0.25) is 4.79 Å². The molecule has 0 saturated heterocycles. The van der Waals surface area contributed by atoms with Crippen LogP contribution in [0.1, 0.15) is 36.3 Å². The van der Waals surface area contributed by atoms with Gasteiger partial charge in [0, 0.05) is 5.56 Å². The number of methoxy groups -OCH3 is 1. The van der Waals surface area contributed by atoms with Gasteiger partial charge in [-0.1, -0.05) is 24.3 Å². The Morgan fingerprint density at radius 2 is 1.62 bits per heavy atom. The molecule has 3 aromatic rings. The second-order valence-corrected chi connectivity index (χ2v) is 8.28. The van der Waals surface area contributed by atoms with E-state index < -0.39 is 17.2 Å². The highest BCUT2D eigenvalue weighted by Crippen LogP contribution is 2.32. The Labute approximate surface area is 185 Å². The van der Waals surface area contributed by atoms with Crippen molar-refractivity contribution in [3.8, 4) is 17.1 Å². The van der Waals surface area contributed by atoms with E-state index in [1.165, 1.54) is 19.2 Å². The van der Waals surface area contributed by atoms with Crippen molar-refractivity contribution in [3.05, 3.63) is 77.0 Å². The highest BCUT2D eigenvalue weighted by Gasteiger charge is 2.30. The summed E-state index contributed by atoms with van der Waals surface area (Å²) in [7, 11) is 1.38. The molecule has 0 amide bonds. The summed E-state index contributed by atoms with van der Waals surface area (Å²) in [4.78, 5) is 11.9. The van der Waals surface area contributed by atoms with E-state index in [4.69, 9.17) is 13.9 Å². The molecule has 0 aliphatic rings. The normalized spacial score (nSPS) is 12.0. The molecule has 4 nitrogen and oxygen atoms in total. The largest absolute Gasteiger partial charge is 0.486 e. The second-order valence-electron chi connectivity index (χ2n) is 8.28. The lowest BCUT2D eigenvalue weighted by atomic mass is 9.86. The highest BCUT2D eigenvalue weighted by atomic mass is 19.4. The number of ether oxygens (including phenoxy) is 2. The second kappa shape index (κ2) is 9.10. The molecule has 0 atom stereocenters. The van der Waals surface area contributed by atoms with E-state index in [1.807, 2.05) is 45.0 Å². The van der Waals surface area contributed by atoms with Gasteiger partial charge in [-0.15, -0.1) is 0 Å². The van der Waals surface area contributed by atoms with Crippen LogP contribution in [0.2, 0.25) is 0 Å². The first-order chi connectivity index (χ1) is 15.0. The number of rotatable bonds is 7. The Morgan fingerprint density at radius 3 is 2.19 bits per heavy atom. The molecule has 170 valence electrons. The fourth-order valence-electron chi connectivity index (χ4n) is 3.34. The van der Waals surface area contributed by atoms with Crippen LogP contribution in [0.5, 0.6) is 5.75 Å². The Balaban J connectivity index is 1.64. The maximum Gasteiger partial charge on any atom is 0.416 e. The van der Waals surface area contributed by atoms with Crippen LogP contribution in [0, 0.1) is 12.3 Å². The molecule has 7 heteroatoms. The minimum Gasteiger partial charge on any atom is -0.486 e. The Morgan fingerprint density at radius 1 is 1.00 bits per heavy atom. The monoisotopic (exact) mass is 446 g/mol. The molecule has 1 aromatic heterocycles. The van der Waals surface area contributed by atoms with Crippen LogP contribution in [0.4, 0.5) is 13.2 Å². The van der Waals surface area contributed by atoms with Crippen LogP contribution in [0.15, 0.2) is 59.0 Å². The zero-order valence-corrected chi connectivity index (χ0v) is 18.4. The van der Waals surface area contributed by atoms with Crippen molar-refractivity contribution in [2.45, 2.75) is 40.0 Å². The molecule has 0 spiro atoms. The Kier molecular flexibility index (Phi) is 6.67.